The first kappa shape index (κ1) is 8.74. The Morgan fingerprint density at radius 2 is 2.29 bits per heavy atom. The molecule has 0 bridgehead atoms. The number of aromatic nitrogens is 2. The molecule has 0 saturated carbocycles. The van der Waals surface area contributed by atoms with Gasteiger partial charge in [0.2, 0.25) is 5.91 Å². The van der Waals surface area contributed by atoms with Crippen LogP contribution in [0, 0.1) is 0 Å². The fourth-order valence-corrected chi connectivity index (χ4v) is 1.23. The van der Waals surface area contributed by atoms with Crippen molar-refractivity contribution in [3.05, 3.63) is 30.5 Å². The van der Waals surface area contributed by atoms with Crippen LogP contribution in [0.2, 0.25) is 0 Å². The molecule has 0 atom stereocenters. The molecule has 0 aliphatic rings. The van der Waals surface area contributed by atoms with Gasteiger partial charge in [-0.1, -0.05) is 25.1 Å². The normalized spacial score (nSPS) is 10.4. The number of carbonyl (C=O) groups excluding carboxylic acids is 1. The molecule has 1 heterocycles. The summed E-state index contributed by atoms with van der Waals surface area (Å²) in [5.74, 6) is -0.0437. The smallest absolute Gasteiger partial charge is 0.239 e. The van der Waals surface area contributed by atoms with Crippen molar-refractivity contribution in [2.24, 2.45) is 0 Å². The first-order valence-corrected chi connectivity index (χ1v) is 4.54. The zero-order chi connectivity index (χ0) is 9.97. The lowest BCUT2D eigenvalue weighted by atomic mass is 10.3. The Hall–Kier alpha value is -1.84. The minimum atomic E-state index is -0.0437. The van der Waals surface area contributed by atoms with Crippen molar-refractivity contribution >= 4 is 16.8 Å². The molecule has 4 heteroatoms. The number of nitrogens with zero attached hydrogens (tertiary/aromatic N) is 2. The first-order valence-electron chi connectivity index (χ1n) is 4.54. The van der Waals surface area contributed by atoms with E-state index in [1.807, 2.05) is 24.3 Å². The molecule has 2 aromatic rings. The Balaban J connectivity index is 2.31. The fraction of sp³-hybridized carbons (Fsp3) is 0.200. The summed E-state index contributed by atoms with van der Waals surface area (Å²) in [5, 5.41) is 5.20. The van der Waals surface area contributed by atoms with Gasteiger partial charge in [0.25, 0.3) is 0 Å². The van der Waals surface area contributed by atoms with E-state index in [0.29, 0.717) is 6.42 Å². The molecule has 0 aliphatic carbocycles. The maximum Gasteiger partial charge on any atom is 0.239 e. The van der Waals surface area contributed by atoms with Crippen molar-refractivity contribution < 1.29 is 4.79 Å². The van der Waals surface area contributed by atoms with Crippen LogP contribution in [-0.4, -0.2) is 15.8 Å². The number of amides is 1. The predicted octanol–water partition coefficient (Wildman–Crippen LogP) is 1.52. The highest BCUT2D eigenvalue weighted by Gasteiger charge is 2.01. The van der Waals surface area contributed by atoms with Gasteiger partial charge in [0.1, 0.15) is 0 Å². The van der Waals surface area contributed by atoms with Crippen molar-refractivity contribution in [3.8, 4) is 0 Å². The second-order valence-electron chi connectivity index (χ2n) is 3.02. The molecule has 0 radical (unpaired) electrons. The maximum atomic E-state index is 11.1. The van der Waals surface area contributed by atoms with Crippen LogP contribution in [0.3, 0.4) is 0 Å². The number of fused-ring (bicyclic) bond motifs is 1. The predicted molar refractivity (Wildman–Crippen MR) is 54.4 cm³/mol. The third-order valence-electron chi connectivity index (χ3n) is 1.97. The molecule has 0 unspecified atom stereocenters. The van der Waals surface area contributed by atoms with Crippen LogP contribution >= 0.6 is 0 Å². The lowest BCUT2D eigenvalue weighted by Crippen LogP contribution is -2.21. The van der Waals surface area contributed by atoms with Gasteiger partial charge in [0.15, 0.2) is 0 Å². The van der Waals surface area contributed by atoms with Crippen LogP contribution < -0.4 is 5.43 Å². The highest BCUT2D eigenvalue weighted by Crippen LogP contribution is 2.09. The molecule has 1 N–H and O–H groups in total. The van der Waals surface area contributed by atoms with Gasteiger partial charge in [-0.3, -0.25) is 4.79 Å². The minimum absolute atomic E-state index is 0.0437. The molecular formula is C10H11N3O. The molecule has 0 spiro atoms. The Labute approximate surface area is 81.5 Å². The Morgan fingerprint density at radius 3 is 3.00 bits per heavy atom. The van der Waals surface area contributed by atoms with Crippen molar-refractivity contribution in [1.82, 2.24) is 9.89 Å². The van der Waals surface area contributed by atoms with Crippen molar-refractivity contribution in [3.63, 3.8) is 0 Å². The highest BCUT2D eigenvalue weighted by molar-refractivity contribution is 5.84. The number of carbonyl (C=O) groups is 1. The van der Waals surface area contributed by atoms with Gasteiger partial charge in [-0.25, -0.2) is 5.43 Å². The quantitative estimate of drug-likeness (QED) is 0.778. The van der Waals surface area contributed by atoms with E-state index in [0.717, 1.165) is 10.9 Å². The largest absolute Gasteiger partial charge is 0.273 e. The first-order chi connectivity index (χ1) is 6.79. The average molecular weight is 189 g/mol. The van der Waals surface area contributed by atoms with E-state index in [1.54, 1.807) is 13.1 Å². The zero-order valence-corrected chi connectivity index (χ0v) is 7.90. The van der Waals surface area contributed by atoms with Crippen molar-refractivity contribution in [2.75, 3.05) is 5.43 Å². The van der Waals surface area contributed by atoms with E-state index in [1.165, 1.54) is 4.79 Å². The minimum Gasteiger partial charge on any atom is -0.273 e. The zero-order valence-electron chi connectivity index (χ0n) is 7.90. The van der Waals surface area contributed by atoms with Gasteiger partial charge in [0, 0.05) is 11.8 Å². The summed E-state index contributed by atoms with van der Waals surface area (Å²) in [7, 11) is 0. The Bertz CT molecular complexity index is 428. The Kier molecular flexibility index (Phi) is 2.18. The van der Waals surface area contributed by atoms with Crippen LogP contribution in [0.25, 0.3) is 10.9 Å². The number of hydrogen-bond acceptors (Lipinski definition) is 2. The molecule has 72 valence electrons. The maximum absolute atomic E-state index is 11.1. The van der Waals surface area contributed by atoms with Crippen molar-refractivity contribution in [1.29, 1.82) is 0 Å². The standard InChI is InChI=1S/C10H11N3O/c1-2-10(14)12-13-7-8-5-3-4-6-9(8)11-13/h3-7H,2H2,1H3,(H,12,14). The van der Waals surface area contributed by atoms with E-state index in [4.69, 9.17) is 0 Å². The van der Waals surface area contributed by atoms with Crippen LogP contribution in [0.5, 0.6) is 0 Å². The molecule has 1 amide bonds. The summed E-state index contributed by atoms with van der Waals surface area (Å²) < 4.78 is 0. The SMILES string of the molecule is CCC(=O)Nn1cc2ccccc2n1. The lowest BCUT2D eigenvalue weighted by molar-refractivity contribution is -0.116. The van der Waals surface area contributed by atoms with Crippen LogP contribution in [-0.2, 0) is 4.79 Å². The molecule has 1 aromatic heterocycles. The van der Waals surface area contributed by atoms with Crippen LogP contribution in [0.15, 0.2) is 30.5 Å². The van der Waals surface area contributed by atoms with Crippen LogP contribution in [0.1, 0.15) is 13.3 Å². The molecule has 0 fully saturated rings. The highest BCUT2D eigenvalue weighted by atomic mass is 16.2. The summed E-state index contributed by atoms with van der Waals surface area (Å²) in [6.45, 7) is 1.80. The van der Waals surface area contributed by atoms with Gasteiger partial charge in [-0.05, 0) is 6.07 Å². The second-order valence-corrected chi connectivity index (χ2v) is 3.02. The summed E-state index contributed by atoms with van der Waals surface area (Å²) in [6.07, 6.45) is 2.25. The van der Waals surface area contributed by atoms with E-state index in [-0.39, 0.29) is 5.91 Å². The molecule has 1 aromatic carbocycles. The van der Waals surface area contributed by atoms with Gasteiger partial charge < -0.3 is 0 Å². The Morgan fingerprint density at radius 1 is 1.50 bits per heavy atom. The number of rotatable bonds is 2. The molecule has 4 nitrogen and oxygen atoms in total. The lowest BCUT2D eigenvalue weighted by Gasteiger charge is -2.00. The number of benzene rings is 1. The van der Waals surface area contributed by atoms with E-state index < -0.39 is 0 Å². The van der Waals surface area contributed by atoms with Gasteiger partial charge in [0.05, 0.1) is 11.7 Å². The number of nitrogens with one attached hydrogen (secondary N) is 1. The van der Waals surface area contributed by atoms with E-state index in [2.05, 4.69) is 10.5 Å². The third kappa shape index (κ3) is 1.59. The monoisotopic (exact) mass is 189 g/mol. The summed E-state index contributed by atoms with van der Waals surface area (Å²) in [6, 6.07) is 7.72. The van der Waals surface area contributed by atoms with E-state index in [9.17, 15) is 4.79 Å². The van der Waals surface area contributed by atoms with Gasteiger partial charge in [-0.15, -0.1) is 0 Å². The molecular weight excluding hydrogens is 178 g/mol. The second kappa shape index (κ2) is 3.49. The van der Waals surface area contributed by atoms with Crippen LogP contribution in [0.4, 0.5) is 0 Å². The summed E-state index contributed by atoms with van der Waals surface area (Å²) in [5.41, 5.74) is 3.53. The van der Waals surface area contributed by atoms with Gasteiger partial charge in [-0.2, -0.15) is 9.89 Å². The summed E-state index contributed by atoms with van der Waals surface area (Å²) >= 11 is 0. The van der Waals surface area contributed by atoms with E-state index >= 15 is 0 Å². The third-order valence-corrected chi connectivity index (χ3v) is 1.97. The van der Waals surface area contributed by atoms with Crippen molar-refractivity contribution in [2.45, 2.75) is 13.3 Å². The topological polar surface area (TPSA) is 46.9 Å². The molecule has 2 rings (SSSR count). The fourth-order valence-electron chi connectivity index (χ4n) is 1.23. The van der Waals surface area contributed by atoms with Gasteiger partial charge >= 0.3 is 0 Å². The average Bonchev–Trinajstić information content (AvgIpc) is 2.59. The molecule has 14 heavy (non-hydrogen) atoms. The molecule has 0 saturated heterocycles. The molecule has 0 aliphatic heterocycles. The summed E-state index contributed by atoms with van der Waals surface area (Å²) in [4.78, 5) is 12.5. The number of hydrogen-bond donors (Lipinski definition) is 1.